The van der Waals surface area contributed by atoms with Crippen molar-refractivity contribution >= 4 is 27.9 Å². The molecule has 6 rings (SSSR count). The van der Waals surface area contributed by atoms with Crippen molar-refractivity contribution < 1.29 is 9.53 Å². The van der Waals surface area contributed by atoms with Crippen molar-refractivity contribution in [1.82, 2.24) is 10.3 Å². The van der Waals surface area contributed by atoms with E-state index in [0.717, 1.165) is 16.6 Å². The summed E-state index contributed by atoms with van der Waals surface area (Å²) < 4.78 is 5.56. The van der Waals surface area contributed by atoms with Crippen LogP contribution in [0.15, 0.2) is 91.0 Å². The van der Waals surface area contributed by atoms with Gasteiger partial charge in [0.05, 0.1) is 6.54 Å². The molecule has 34 heavy (non-hydrogen) atoms. The Bertz CT molecular complexity index is 1560. The average Bonchev–Trinajstić information content (AvgIpc) is 3.40. The zero-order valence-electron chi connectivity index (χ0n) is 18.5. The molecule has 0 saturated heterocycles. The molecule has 0 bridgehead atoms. The van der Waals surface area contributed by atoms with Crippen LogP contribution in [-0.2, 0) is 4.74 Å². The molecule has 1 aliphatic rings. The fourth-order valence-corrected chi connectivity index (χ4v) is 4.84. The summed E-state index contributed by atoms with van der Waals surface area (Å²) in [5, 5.41) is 5.12. The number of para-hydroxylation sites is 1. The molecule has 0 fully saturated rings. The third kappa shape index (κ3) is 3.58. The Balaban J connectivity index is 1.08. The topological polar surface area (TPSA) is 54.1 Å². The van der Waals surface area contributed by atoms with E-state index < -0.39 is 6.09 Å². The van der Waals surface area contributed by atoms with E-state index in [2.05, 4.69) is 64.6 Å². The van der Waals surface area contributed by atoms with Gasteiger partial charge < -0.3 is 15.0 Å². The molecule has 4 aromatic carbocycles. The van der Waals surface area contributed by atoms with Crippen LogP contribution in [-0.4, -0.2) is 24.2 Å². The maximum Gasteiger partial charge on any atom is 0.407 e. The van der Waals surface area contributed by atoms with Crippen LogP contribution in [0.4, 0.5) is 4.79 Å². The molecular weight excluding hydrogens is 420 g/mol. The van der Waals surface area contributed by atoms with Gasteiger partial charge >= 0.3 is 6.09 Å². The van der Waals surface area contributed by atoms with Gasteiger partial charge in [0.2, 0.25) is 0 Å². The van der Waals surface area contributed by atoms with Crippen LogP contribution < -0.4 is 5.32 Å². The Morgan fingerprint density at radius 3 is 2.29 bits per heavy atom. The number of carbonyl (C=O) groups is 1. The molecule has 1 aliphatic carbocycles. The zero-order valence-corrected chi connectivity index (χ0v) is 18.5. The van der Waals surface area contributed by atoms with Crippen LogP contribution in [0.1, 0.15) is 22.6 Å². The Morgan fingerprint density at radius 1 is 0.824 bits per heavy atom. The first-order chi connectivity index (χ1) is 16.8. The van der Waals surface area contributed by atoms with Crippen molar-refractivity contribution in [2.24, 2.45) is 0 Å². The number of hydrogen-bond donors (Lipinski definition) is 2. The van der Waals surface area contributed by atoms with Gasteiger partial charge in [0.1, 0.15) is 6.61 Å². The highest BCUT2D eigenvalue weighted by atomic mass is 16.5. The van der Waals surface area contributed by atoms with Gasteiger partial charge in [-0.05, 0) is 40.5 Å². The number of aromatic amines is 1. The summed E-state index contributed by atoms with van der Waals surface area (Å²) in [6.07, 6.45) is -0.456. The van der Waals surface area contributed by atoms with Crippen molar-refractivity contribution in [3.63, 3.8) is 0 Å². The van der Waals surface area contributed by atoms with Crippen LogP contribution in [0, 0.1) is 11.8 Å². The quantitative estimate of drug-likeness (QED) is 0.326. The Morgan fingerprint density at radius 2 is 1.50 bits per heavy atom. The van der Waals surface area contributed by atoms with Gasteiger partial charge in [0, 0.05) is 33.3 Å². The van der Waals surface area contributed by atoms with E-state index >= 15 is 0 Å². The molecule has 0 unspecified atom stereocenters. The van der Waals surface area contributed by atoms with Crippen molar-refractivity contribution in [3.05, 3.63) is 108 Å². The molecule has 0 spiro atoms. The van der Waals surface area contributed by atoms with Crippen molar-refractivity contribution in [2.75, 3.05) is 13.2 Å². The van der Waals surface area contributed by atoms with Gasteiger partial charge in [-0.3, -0.25) is 0 Å². The minimum absolute atomic E-state index is 0.0484. The first-order valence-corrected chi connectivity index (χ1v) is 11.4. The van der Waals surface area contributed by atoms with Gasteiger partial charge in [0.25, 0.3) is 0 Å². The van der Waals surface area contributed by atoms with Crippen LogP contribution in [0.5, 0.6) is 0 Å². The number of hydrogen-bond acceptors (Lipinski definition) is 2. The number of H-pyrrole nitrogens is 1. The maximum absolute atomic E-state index is 12.3. The standard InChI is InChI=1S/C30H22N2O2/c33-30(34-19-27-23-11-3-1-9-21(23)22-10-2-4-12-24(22)27)31-17-7-8-20-15-16-26-25-13-5-6-14-28(25)32-29(26)18-20/h1-6,9-16,18,27,32H,17,19H2,(H,31,33). The average molecular weight is 443 g/mol. The van der Waals surface area contributed by atoms with Gasteiger partial charge in [0.15, 0.2) is 0 Å². The number of aromatic nitrogens is 1. The van der Waals surface area contributed by atoms with Crippen molar-refractivity contribution in [1.29, 1.82) is 0 Å². The normalized spacial score (nSPS) is 12.1. The lowest BCUT2D eigenvalue weighted by atomic mass is 9.98. The summed E-state index contributed by atoms with van der Waals surface area (Å²) in [5.41, 5.74) is 7.88. The number of benzene rings is 4. The molecule has 1 heterocycles. The highest BCUT2D eigenvalue weighted by Gasteiger charge is 2.28. The molecule has 2 N–H and O–H groups in total. The lowest BCUT2D eigenvalue weighted by molar-refractivity contribution is 0.144. The predicted octanol–water partition coefficient (Wildman–Crippen LogP) is 6.21. The molecule has 0 saturated carbocycles. The maximum atomic E-state index is 12.3. The van der Waals surface area contributed by atoms with E-state index in [-0.39, 0.29) is 12.5 Å². The smallest absolute Gasteiger partial charge is 0.407 e. The molecule has 4 heteroatoms. The third-order valence-electron chi connectivity index (χ3n) is 6.40. The number of ether oxygens (including phenoxy) is 1. The minimum Gasteiger partial charge on any atom is -0.449 e. The van der Waals surface area contributed by atoms with Gasteiger partial charge in [-0.15, -0.1) is 0 Å². The number of amides is 1. The van der Waals surface area contributed by atoms with E-state index in [1.807, 2.05) is 48.5 Å². The molecule has 5 aromatic rings. The summed E-state index contributed by atoms with van der Waals surface area (Å²) in [4.78, 5) is 15.7. The van der Waals surface area contributed by atoms with E-state index in [0.29, 0.717) is 6.61 Å². The summed E-state index contributed by atoms with van der Waals surface area (Å²) in [6, 6.07) is 31.0. The molecule has 1 aromatic heterocycles. The number of rotatable bonds is 3. The van der Waals surface area contributed by atoms with E-state index in [1.165, 1.54) is 33.0 Å². The Kier molecular flexibility index (Phi) is 5.01. The van der Waals surface area contributed by atoms with E-state index in [9.17, 15) is 4.79 Å². The fourth-order valence-electron chi connectivity index (χ4n) is 4.84. The number of carbonyl (C=O) groups excluding carboxylic acids is 1. The summed E-state index contributed by atoms with van der Waals surface area (Å²) in [7, 11) is 0. The highest BCUT2D eigenvalue weighted by Crippen LogP contribution is 2.44. The van der Waals surface area contributed by atoms with Crippen molar-refractivity contribution in [2.45, 2.75) is 5.92 Å². The second-order valence-corrected chi connectivity index (χ2v) is 8.41. The van der Waals surface area contributed by atoms with Gasteiger partial charge in [-0.2, -0.15) is 0 Å². The largest absolute Gasteiger partial charge is 0.449 e. The minimum atomic E-state index is -0.456. The summed E-state index contributed by atoms with van der Waals surface area (Å²) in [5.74, 6) is 6.18. The summed E-state index contributed by atoms with van der Waals surface area (Å²) >= 11 is 0. The first kappa shape index (κ1) is 20.1. The predicted molar refractivity (Wildman–Crippen MR) is 136 cm³/mol. The van der Waals surface area contributed by atoms with Gasteiger partial charge in [-0.25, -0.2) is 4.79 Å². The lowest BCUT2D eigenvalue weighted by Crippen LogP contribution is -2.26. The molecule has 0 aliphatic heterocycles. The first-order valence-electron chi connectivity index (χ1n) is 11.4. The van der Waals surface area contributed by atoms with Crippen LogP contribution >= 0.6 is 0 Å². The summed E-state index contributed by atoms with van der Waals surface area (Å²) in [6.45, 7) is 0.520. The third-order valence-corrected chi connectivity index (χ3v) is 6.40. The highest BCUT2D eigenvalue weighted by molar-refractivity contribution is 6.07. The Hall–Kier alpha value is -4.49. The van der Waals surface area contributed by atoms with Crippen LogP contribution in [0.2, 0.25) is 0 Å². The molecule has 0 radical (unpaired) electrons. The zero-order chi connectivity index (χ0) is 22.9. The second-order valence-electron chi connectivity index (χ2n) is 8.41. The van der Waals surface area contributed by atoms with Gasteiger partial charge in [-0.1, -0.05) is 84.6 Å². The van der Waals surface area contributed by atoms with Crippen LogP contribution in [0.25, 0.3) is 32.9 Å². The van der Waals surface area contributed by atoms with E-state index in [4.69, 9.17) is 4.74 Å². The molecule has 1 amide bonds. The SMILES string of the molecule is O=C(NCC#Cc1ccc2c(c1)[nH]c1ccccc12)OCC1c2ccccc2-c2ccccc21. The lowest BCUT2D eigenvalue weighted by Gasteiger charge is -2.14. The molecular formula is C30H22N2O2. The second kappa shape index (κ2) is 8.46. The number of fused-ring (bicyclic) bond motifs is 6. The van der Waals surface area contributed by atoms with Crippen LogP contribution in [0.3, 0.4) is 0 Å². The number of alkyl carbamates (subject to hydrolysis) is 1. The molecule has 4 nitrogen and oxygen atoms in total. The number of nitrogens with one attached hydrogen (secondary N) is 2. The molecule has 164 valence electrons. The molecule has 0 atom stereocenters. The monoisotopic (exact) mass is 442 g/mol. The Labute approximate surface area is 197 Å². The van der Waals surface area contributed by atoms with Crippen molar-refractivity contribution in [3.8, 4) is 23.0 Å². The fraction of sp³-hybridized carbons (Fsp3) is 0.100. The van der Waals surface area contributed by atoms with E-state index in [1.54, 1.807) is 0 Å².